The zero-order valence-corrected chi connectivity index (χ0v) is 17.4. The van der Waals surface area contributed by atoms with Gasteiger partial charge in [-0.3, -0.25) is 9.69 Å². The number of amides is 1. The van der Waals surface area contributed by atoms with Gasteiger partial charge in [-0.25, -0.2) is 4.39 Å². The fourth-order valence-electron chi connectivity index (χ4n) is 4.22. The molecule has 6 nitrogen and oxygen atoms in total. The van der Waals surface area contributed by atoms with Gasteiger partial charge >= 0.3 is 0 Å². The van der Waals surface area contributed by atoms with E-state index in [9.17, 15) is 9.18 Å². The van der Waals surface area contributed by atoms with Crippen molar-refractivity contribution >= 4 is 5.91 Å². The lowest BCUT2D eigenvalue weighted by Gasteiger charge is -2.36. The molecule has 0 spiro atoms. The lowest BCUT2D eigenvalue weighted by Crippen LogP contribution is -2.46. The highest BCUT2D eigenvalue weighted by Crippen LogP contribution is 2.27. The summed E-state index contributed by atoms with van der Waals surface area (Å²) < 4.78 is 24.8. The van der Waals surface area contributed by atoms with Crippen molar-refractivity contribution in [2.75, 3.05) is 45.9 Å². The number of ether oxygens (including phenoxy) is 2. The molecular formula is C24H26FN3O3. The van der Waals surface area contributed by atoms with Crippen LogP contribution in [0.5, 0.6) is 11.5 Å². The number of carbonyl (C=O) groups excluding carboxylic acids is 1. The third-order valence-corrected chi connectivity index (χ3v) is 5.84. The molecule has 0 aromatic heterocycles. The van der Waals surface area contributed by atoms with Crippen LogP contribution in [0.2, 0.25) is 0 Å². The predicted octanol–water partition coefficient (Wildman–Crippen LogP) is 3.67. The number of likely N-dealkylation sites (tertiary alicyclic amines) is 1. The lowest BCUT2D eigenvalue weighted by molar-refractivity contribution is 0.0224. The topological polar surface area (TPSA) is 65.8 Å². The Balaban J connectivity index is 1.38. The Labute approximate surface area is 181 Å². The maximum Gasteiger partial charge on any atom is 0.253 e. The van der Waals surface area contributed by atoms with Gasteiger partial charge in [-0.2, -0.15) is 5.26 Å². The number of morpholine rings is 1. The molecule has 4 rings (SSSR count). The van der Waals surface area contributed by atoms with Crippen molar-refractivity contribution in [2.24, 2.45) is 5.92 Å². The SMILES string of the molecule is N#Cc1c(F)cccc1Oc1ccc(C(=O)N2CCCC(CN3CCOCC3)C2)cc1. The first-order chi connectivity index (χ1) is 15.1. The molecule has 2 aromatic rings. The van der Waals surface area contributed by atoms with E-state index >= 15 is 0 Å². The predicted molar refractivity (Wildman–Crippen MR) is 114 cm³/mol. The van der Waals surface area contributed by atoms with Crippen molar-refractivity contribution in [1.29, 1.82) is 5.26 Å². The normalized spacial score (nSPS) is 19.6. The van der Waals surface area contributed by atoms with E-state index in [2.05, 4.69) is 4.90 Å². The first-order valence-electron chi connectivity index (χ1n) is 10.7. The number of nitrogens with zero attached hydrogens (tertiary/aromatic N) is 3. The molecule has 0 radical (unpaired) electrons. The molecule has 1 atom stereocenters. The van der Waals surface area contributed by atoms with Crippen LogP contribution in [0, 0.1) is 23.1 Å². The summed E-state index contributed by atoms with van der Waals surface area (Å²) >= 11 is 0. The summed E-state index contributed by atoms with van der Waals surface area (Å²) in [7, 11) is 0. The molecule has 2 saturated heterocycles. The van der Waals surface area contributed by atoms with Gasteiger partial charge in [-0.1, -0.05) is 6.07 Å². The largest absolute Gasteiger partial charge is 0.456 e. The van der Waals surface area contributed by atoms with Crippen molar-refractivity contribution in [3.8, 4) is 17.6 Å². The second-order valence-electron chi connectivity index (χ2n) is 8.02. The van der Waals surface area contributed by atoms with Crippen molar-refractivity contribution < 1.29 is 18.7 Å². The van der Waals surface area contributed by atoms with Crippen molar-refractivity contribution in [3.05, 3.63) is 59.4 Å². The van der Waals surface area contributed by atoms with E-state index in [1.165, 1.54) is 12.1 Å². The fraction of sp³-hybridized carbons (Fsp3) is 0.417. The zero-order chi connectivity index (χ0) is 21.6. The Morgan fingerprint density at radius 1 is 1.16 bits per heavy atom. The van der Waals surface area contributed by atoms with Crippen LogP contribution >= 0.6 is 0 Å². The molecule has 2 heterocycles. The van der Waals surface area contributed by atoms with E-state index in [-0.39, 0.29) is 17.2 Å². The monoisotopic (exact) mass is 423 g/mol. The van der Waals surface area contributed by atoms with Gasteiger partial charge in [0.1, 0.15) is 28.9 Å². The third kappa shape index (κ3) is 5.22. The Bertz CT molecular complexity index is 952. The molecule has 2 aromatic carbocycles. The van der Waals surface area contributed by atoms with E-state index in [0.717, 1.165) is 58.8 Å². The van der Waals surface area contributed by atoms with Crippen LogP contribution in [-0.4, -0.2) is 61.6 Å². The fourth-order valence-corrected chi connectivity index (χ4v) is 4.22. The van der Waals surface area contributed by atoms with Gasteiger partial charge in [0.05, 0.1) is 13.2 Å². The molecule has 7 heteroatoms. The molecule has 0 aliphatic carbocycles. The lowest BCUT2D eigenvalue weighted by atomic mass is 9.96. The number of hydrogen-bond donors (Lipinski definition) is 0. The highest BCUT2D eigenvalue weighted by Gasteiger charge is 2.26. The standard InChI is InChI=1S/C24H26FN3O3/c25-22-4-1-5-23(21(22)15-26)31-20-8-6-19(7-9-20)24(29)28-10-2-3-18(17-28)16-27-11-13-30-14-12-27/h1,4-9,18H,2-3,10-14,16-17H2. The number of halogens is 1. The Morgan fingerprint density at radius 2 is 1.94 bits per heavy atom. The molecule has 0 saturated carbocycles. The Hall–Kier alpha value is -2.95. The first-order valence-corrected chi connectivity index (χ1v) is 10.7. The molecule has 1 amide bonds. The maximum absolute atomic E-state index is 13.7. The van der Waals surface area contributed by atoms with Crippen LogP contribution in [0.15, 0.2) is 42.5 Å². The average molecular weight is 423 g/mol. The summed E-state index contributed by atoms with van der Waals surface area (Å²) in [5.74, 6) is 0.479. The van der Waals surface area contributed by atoms with Crippen LogP contribution < -0.4 is 4.74 Å². The van der Waals surface area contributed by atoms with Gasteiger partial charge in [0, 0.05) is 38.3 Å². The minimum absolute atomic E-state index is 0.0155. The van der Waals surface area contributed by atoms with Crippen LogP contribution in [0.3, 0.4) is 0 Å². The van der Waals surface area contributed by atoms with Crippen LogP contribution in [0.4, 0.5) is 4.39 Å². The number of hydrogen-bond acceptors (Lipinski definition) is 5. The molecule has 1 unspecified atom stereocenters. The molecule has 2 aliphatic heterocycles. The highest BCUT2D eigenvalue weighted by molar-refractivity contribution is 5.94. The molecule has 31 heavy (non-hydrogen) atoms. The van der Waals surface area contributed by atoms with E-state index in [4.69, 9.17) is 14.7 Å². The molecule has 0 bridgehead atoms. The molecule has 2 fully saturated rings. The Kier molecular flexibility index (Phi) is 6.80. The van der Waals surface area contributed by atoms with Crippen molar-refractivity contribution in [2.45, 2.75) is 12.8 Å². The Morgan fingerprint density at radius 3 is 2.68 bits per heavy atom. The van der Waals surface area contributed by atoms with E-state index in [0.29, 0.717) is 17.2 Å². The van der Waals surface area contributed by atoms with Crippen molar-refractivity contribution in [1.82, 2.24) is 9.80 Å². The van der Waals surface area contributed by atoms with Gasteiger partial charge in [0.15, 0.2) is 0 Å². The minimum atomic E-state index is -0.622. The number of carbonyl (C=O) groups is 1. The summed E-state index contributed by atoms with van der Waals surface area (Å²) in [6.07, 6.45) is 2.15. The number of nitriles is 1. The second-order valence-corrected chi connectivity index (χ2v) is 8.02. The van der Waals surface area contributed by atoms with Gasteiger partial charge in [-0.05, 0) is 55.2 Å². The molecule has 162 valence electrons. The number of benzene rings is 2. The van der Waals surface area contributed by atoms with Crippen LogP contribution in [0.1, 0.15) is 28.8 Å². The third-order valence-electron chi connectivity index (χ3n) is 5.84. The van der Waals surface area contributed by atoms with Gasteiger partial charge in [0.25, 0.3) is 5.91 Å². The van der Waals surface area contributed by atoms with E-state index in [1.807, 2.05) is 11.0 Å². The highest BCUT2D eigenvalue weighted by atomic mass is 19.1. The molecule has 2 aliphatic rings. The summed E-state index contributed by atoms with van der Waals surface area (Å²) in [5, 5.41) is 9.13. The smallest absolute Gasteiger partial charge is 0.253 e. The summed E-state index contributed by atoms with van der Waals surface area (Å²) in [4.78, 5) is 17.4. The summed E-state index contributed by atoms with van der Waals surface area (Å²) in [5.41, 5.74) is 0.460. The van der Waals surface area contributed by atoms with Crippen LogP contribution in [-0.2, 0) is 4.74 Å². The minimum Gasteiger partial charge on any atom is -0.456 e. The van der Waals surface area contributed by atoms with Gasteiger partial charge in [0.2, 0.25) is 0 Å². The van der Waals surface area contributed by atoms with E-state index < -0.39 is 5.82 Å². The van der Waals surface area contributed by atoms with E-state index in [1.54, 1.807) is 30.3 Å². The summed E-state index contributed by atoms with van der Waals surface area (Å²) in [6, 6.07) is 12.9. The molecular weight excluding hydrogens is 397 g/mol. The van der Waals surface area contributed by atoms with Gasteiger partial charge in [-0.15, -0.1) is 0 Å². The van der Waals surface area contributed by atoms with Crippen molar-refractivity contribution in [3.63, 3.8) is 0 Å². The maximum atomic E-state index is 13.7. The first kappa shape index (κ1) is 21.3. The zero-order valence-electron chi connectivity index (χ0n) is 17.4. The number of rotatable bonds is 5. The molecule has 0 N–H and O–H groups in total. The van der Waals surface area contributed by atoms with Gasteiger partial charge < -0.3 is 14.4 Å². The summed E-state index contributed by atoms with van der Waals surface area (Å²) in [6.45, 7) is 6.05. The average Bonchev–Trinajstić information content (AvgIpc) is 2.80. The second kappa shape index (κ2) is 9.90. The van der Waals surface area contributed by atoms with Crippen LogP contribution in [0.25, 0.3) is 0 Å². The quantitative estimate of drug-likeness (QED) is 0.734. The number of piperidine rings is 1.